The summed E-state index contributed by atoms with van der Waals surface area (Å²) in [4.78, 5) is 13.1. The second-order valence-electron chi connectivity index (χ2n) is 12.8. The first-order chi connectivity index (χ1) is 20.3. The van der Waals surface area contributed by atoms with Crippen LogP contribution in [0.3, 0.4) is 0 Å². The summed E-state index contributed by atoms with van der Waals surface area (Å²) >= 11 is 1.73. The zero-order valence-electron chi connectivity index (χ0n) is 27.0. The van der Waals surface area contributed by atoms with E-state index >= 15 is 0 Å². The maximum atomic E-state index is 13.1. The molecule has 1 amide bonds. The SMILES string of the molecule is CCCCCCCCCCCCCCOc1cc(CC(=O)Nc2ccccc2C[n+]2ccsc2C)ccc1C(C)(C)C. The number of hydrogen-bond donors (Lipinski definition) is 1. The molecule has 0 bridgehead atoms. The Balaban J connectivity index is 1.47. The van der Waals surface area contributed by atoms with E-state index in [0.717, 1.165) is 42.1 Å². The van der Waals surface area contributed by atoms with Crippen molar-refractivity contribution in [2.75, 3.05) is 11.9 Å². The molecule has 0 saturated heterocycles. The largest absolute Gasteiger partial charge is 0.493 e. The first-order valence-corrected chi connectivity index (χ1v) is 17.2. The van der Waals surface area contributed by atoms with Crippen molar-refractivity contribution < 1.29 is 14.1 Å². The Hall–Kier alpha value is -2.66. The van der Waals surface area contributed by atoms with Crippen molar-refractivity contribution in [2.24, 2.45) is 0 Å². The number of para-hydroxylation sites is 1. The van der Waals surface area contributed by atoms with Gasteiger partial charge in [-0.15, -0.1) is 0 Å². The van der Waals surface area contributed by atoms with Crippen molar-refractivity contribution in [1.82, 2.24) is 0 Å². The van der Waals surface area contributed by atoms with Gasteiger partial charge in [0.05, 0.1) is 24.1 Å². The van der Waals surface area contributed by atoms with E-state index in [2.05, 4.69) is 80.3 Å². The molecule has 3 rings (SSSR count). The number of benzene rings is 2. The number of thiazole rings is 1. The zero-order chi connectivity index (χ0) is 30.2. The molecule has 0 spiro atoms. The Kier molecular flexibility index (Phi) is 14.6. The molecule has 0 atom stereocenters. The monoisotopic (exact) mass is 591 g/mol. The normalized spacial score (nSPS) is 11.5. The second-order valence-corrected chi connectivity index (χ2v) is 13.8. The van der Waals surface area contributed by atoms with Crippen LogP contribution < -0.4 is 14.6 Å². The molecule has 0 unspecified atom stereocenters. The van der Waals surface area contributed by atoms with Crippen LogP contribution in [0.15, 0.2) is 54.0 Å². The van der Waals surface area contributed by atoms with Gasteiger partial charge >= 0.3 is 0 Å². The summed E-state index contributed by atoms with van der Waals surface area (Å²) in [5.74, 6) is 0.908. The van der Waals surface area contributed by atoms with Gasteiger partial charge in [-0.2, -0.15) is 4.57 Å². The number of aromatic nitrogens is 1. The van der Waals surface area contributed by atoms with E-state index < -0.39 is 0 Å². The summed E-state index contributed by atoms with van der Waals surface area (Å²) in [6, 6.07) is 14.4. The molecule has 3 aromatic rings. The van der Waals surface area contributed by atoms with Gasteiger partial charge < -0.3 is 10.1 Å². The van der Waals surface area contributed by atoms with Crippen molar-refractivity contribution in [3.05, 3.63) is 75.7 Å². The number of carbonyl (C=O) groups is 1. The lowest BCUT2D eigenvalue weighted by Crippen LogP contribution is -2.34. The number of carbonyl (C=O) groups excluding carboxylic acids is 1. The Morgan fingerprint density at radius 3 is 2.14 bits per heavy atom. The lowest BCUT2D eigenvalue weighted by Gasteiger charge is -2.23. The second kappa shape index (κ2) is 18.1. The van der Waals surface area contributed by atoms with Crippen molar-refractivity contribution in [3.63, 3.8) is 0 Å². The van der Waals surface area contributed by atoms with Crippen LogP contribution in [0, 0.1) is 6.92 Å². The summed E-state index contributed by atoms with van der Waals surface area (Å²) in [6.45, 7) is 12.5. The Morgan fingerprint density at radius 2 is 1.52 bits per heavy atom. The van der Waals surface area contributed by atoms with Crippen LogP contribution >= 0.6 is 11.3 Å². The van der Waals surface area contributed by atoms with Crippen molar-refractivity contribution in [1.29, 1.82) is 0 Å². The highest BCUT2D eigenvalue weighted by atomic mass is 32.1. The number of nitrogens with one attached hydrogen (secondary N) is 1. The average Bonchev–Trinajstić information content (AvgIpc) is 3.35. The standard InChI is InChI=1S/C37H54N2O2S/c1-6-7-8-9-10-11-12-13-14-15-16-19-25-41-35-27-31(22-23-33(35)37(3,4)5)28-36(40)38-34-21-18-17-20-32(34)29-39-24-26-42-30(39)2/h17-18,20-24,26-27H,6-16,19,25,28-29H2,1-5H3/p+1. The molecule has 0 aliphatic carbocycles. The Morgan fingerprint density at radius 1 is 0.881 bits per heavy atom. The minimum Gasteiger partial charge on any atom is -0.493 e. The minimum absolute atomic E-state index is 0.00934. The molecular formula is C37H55N2O2S+. The molecule has 0 aliphatic rings. The topological polar surface area (TPSA) is 42.2 Å². The van der Waals surface area contributed by atoms with Crippen LogP contribution in [-0.4, -0.2) is 12.5 Å². The summed E-state index contributed by atoms with van der Waals surface area (Å²) in [7, 11) is 0. The quantitative estimate of drug-likeness (QED) is 0.111. The van der Waals surface area contributed by atoms with Crippen molar-refractivity contribution in [2.45, 2.75) is 130 Å². The number of aryl methyl sites for hydroxylation is 1. The zero-order valence-corrected chi connectivity index (χ0v) is 27.8. The molecule has 4 nitrogen and oxygen atoms in total. The molecule has 2 aromatic carbocycles. The van der Waals surface area contributed by atoms with E-state index in [1.165, 1.54) is 81.2 Å². The molecule has 230 valence electrons. The number of hydrogen-bond acceptors (Lipinski definition) is 3. The van der Waals surface area contributed by atoms with E-state index in [-0.39, 0.29) is 11.3 Å². The maximum absolute atomic E-state index is 13.1. The Labute approximate surface area is 259 Å². The van der Waals surface area contributed by atoms with Crippen molar-refractivity contribution in [3.8, 4) is 5.75 Å². The minimum atomic E-state index is -0.0247. The van der Waals surface area contributed by atoms with Crippen LogP contribution in [0.2, 0.25) is 0 Å². The van der Waals surface area contributed by atoms with E-state index in [9.17, 15) is 4.79 Å². The molecule has 1 aromatic heterocycles. The smallest absolute Gasteiger partial charge is 0.234 e. The van der Waals surface area contributed by atoms with Crippen LogP contribution in [0.5, 0.6) is 5.75 Å². The van der Waals surface area contributed by atoms with Gasteiger partial charge in [-0.05, 0) is 35.1 Å². The highest BCUT2D eigenvalue weighted by Crippen LogP contribution is 2.32. The average molecular weight is 592 g/mol. The van der Waals surface area contributed by atoms with E-state index in [1.807, 2.05) is 18.2 Å². The molecule has 0 saturated carbocycles. The molecular weight excluding hydrogens is 536 g/mol. The van der Waals surface area contributed by atoms with Gasteiger partial charge in [0, 0.05) is 12.5 Å². The molecule has 0 radical (unpaired) electrons. The number of amides is 1. The highest BCUT2D eigenvalue weighted by molar-refractivity contribution is 7.09. The van der Waals surface area contributed by atoms with E-state index in [1.54, 1.807) is 11.3 Å². The summed E-state index contributed by atoms with van der Waals surface area (Å²) < 4.78 is 8.56. The Bertz CT molecular complexity index is 1210. The van der Waals surface area contributed by atoms with Gasteiger partial charge in [-0.3, -0.25) is 4.79 Å². The predicted octanol–water partition coefficient (Wildman–Crippen LogP) is 9.95. The van der Waals surface area contributed by atoms with E-state index in [4.69, 9.17) is 4.74 Å². The molecule has 5 heteroatoms. The third-order valence-corrected chi connectivity index (χ3v) is 8.82. The summed E-state index contributed by atoms with van der Waals surface area (Å²) in [5, 5.41) is 6.50. The van der Waals surface area contributed by atoms with E-state index in [0.29, 0.717) is 6.42 Å². The first-order valence-electron chi connectivity index (χ1n) is 16.4. The summed E-state index contributed by atoms with van der Waals surface area (Å²) in [6.07, 6.45) is 18.4. The third kappa shape index (κ3) is 11.9. The molecule has 42 heavy (non-hydrogen) atoms. The predicted molar refractivity (Wildman–Crippen MR) is 179 cm³/mol. The van der Waals surface area contributed by atoms with Gasteiger partial charge in [0.2, 0.25) is 10.9 Å². The molecule has 1 N–H and O–H groups in total. The number of rotatable bonds is 19. The number of unbranched alkanes of at least 4 members (excludes halogenated alkanes) is 11. The lowest BCUT2D eigenvalue weighted by atomic mass is 9.85. The molecule has 1 heterocycles. The van der Waals surface area contributed by atoms with Gasteiger partial charge in [-0.25, -0.2) is 0 Å². The third-order valence-electron chi connectivity index (χ3n) is 7.99. The van der Waals surface area contributed by atoms with Crippen LogP contribution in [-0.2, 0) is 23.2 Å². The van der Waals surface area contributed by atoms with Crippen LogP contribution in [0.4, 0.5) is 5.69 Å². The lowest BCUT2D eigenvalue weighted by molar-refractivity contribution is -0.689. The molecule has 0 aliphatic heterocycles. The number of nitrogens with zero attached hydrogens (tertiary/aromatic N) is 1. The van der Waals surface area contributed by atoms with Crippen molar-refractivity contribution >= 4 is 22.9 Å². The fraction of sp³-hybridized carbons (Fsp3) is 0.568. The fourth-order valence-corrected chi connectivity index (χ4v) is 6.09. The number of anilines is 1. The van der Waals surface area contributed by atoms with Gasteiger partial charge in [0.1, 0.15) is 5.75 Å². The highest BCUT2D eigenvalue weighted by Gasteiger charge is 2.20. The van der Waals surface area contributed by atoms with Gasteiger partial charge in [0.15, 0.2) is 12.7 Å². The maximum Gasteiger partial charge on any atom is 0.234 e. The van der Waals surface area contributed by atoms with Crippen LogP contribution in [0.1, 0.15) is 126 Å². The number of ether oxygens (including phenoxy) is 1. The summed E-state index contributed by atoms with van der Waals surface area (Å²) in [5.41, 5.74) is 4.12. The fourth-order valence-electron chi connectivity index (χ4n) is 5.42. The first kappa shape index (κ1) is 33.8. The van der Waals surface area contributed by atoms with Crippen LogP contribution in [0.25, 0.3) is 0 Å². The van der Waals surface area contributed by atoms with Gasteiger partial charge in [0.25, 0.3) is 0 Å². The molecule has 0 fully saturated rings. The van der Waals surface area contributed by atoms with Gasteiger partial charge in [-0.1, -0.05) is 140 Å².